The van der Waals surface area contributed by atoms with Crippen LogP contribution >= 0.6 is 0 Å². The summed E-state index contributed by atoms with van der Waals surface area (Å²) in [6, 6.07) is 7.95. The van der Waals surface area contributed by atoms with E-state index in [4.69, 9.17) is 23.7 Å². The quantitative estimate of drug-likeness (QED) is 0.262. The van der Waals surface area contributed by atoms with Gasteiger partial charge in [0.1, 0.15) is 11.4 Å². The first kappa shape index (κ1) is 29.6. The molecule has 206 valence electrons. The Balaban J connectivity index is 1.53. The molecule has 1 aromatic rings. The van der Waals surface area contributed by atoms with Crippen molar-refractivity contribution in [2.75, 3.05) is 20.3 Å². The number of ether oxygens (including phenoxy) is 5. The summed E-state index contributed by atoms with van der Waals surface area (Å²) in [5.41, 5.74) is 4.05. The van der Waals surface area contributed by atoms with Crippen LogP contribution in [0.2, 0.25) is 0 Å². The topological polar surface area (TPSA) is 66.4 Å². The highest BCUT2D eigenvalue weighted by molar-refractivity contribution is 5.26. The molecule has 0 aliphatic carbocycles. The highest BCUT2D eigenvalue weighted by Crippen LogP contribution is 2.44. The van der Waals surface area contributed by atoms with Crippen LogP contribution in [0.15, 0.2) is 59.2 Å². The molecular weight excluding hydrogens is 468 g/mol. The van der Waals surface area contributed by atoms with E-state index in [1.807, 2.05) is 51.1 Å². The average molecular weight is 515 g/mol. The van der Waals surface area contributed by atoms with Gasteiger partial charge in [-0.1, -0.05) is 41.5 Å². The van der Waals surface area contributed by atoms with Gasteiger partial charge in [0.15, 0.2) is 5.79 Å². The largest absolute Gasteiger partial charge is 0.497 e. The molecule has 0 unspecified atom stereocenters. The third kappa shape index (κ3) is 8.26. The number of aliphatic hydroxyl groups is 1. The number of benzene rings is 1. The van der Waals surface area contributed by atoms with Gasteiger partial charge in [0.2, 0.25) is 0 Å². The summed E-state index contributed by atoms with van der Waals surface area (Å²) in [7, 11) is 1.67. The Bertz CT molecular complexity index is 960. The van der Waals surface area contributed by atoms with Crippen LogP contribution in [-0.4, -0.2) is 55.1 Å². The molecule has 0 bridgehead atoms. The van der Waals surface area contributed by atoms with Crippen molar-refractivity contribution in [3.05, 3.63) is 64.8 Å². The Hall–Kier alpha value is -1.96. The highest BCUT2D eigenvalue weighted by Gasteiger charge is 2.55. The molecule has 6 heteroatoms. The van der Waals surface area contributed by atoms with Crippen molar-refractivity contribution in [1.29, 1.82) is 0 Å². The van der Waals surface area contributed by atoms with Crippen molar-refractivity contribution >= 4 is 0 Å². The van der Waals surface area contributed by atoms with Gasteiger partial charge in [-0.25, -0.2) is 0 Å². The monoisotopic (exact) mass is 514 g/mol. The lowest BCUT2D eigenvalue weighted by molar-refractivity contribution is -0.194. The van der Waals surface area contributed by atoms with Crippen molar-refractivity contribution in [3.8, 4) is 5.75 Å². The van der Waals surface area contributed by atoms with Gasteiger partial charge in [0, 0.05) is 0 Å². The number of hydrogen-bond acceptors (Lipinski definition) is 6. The Morgan fingerprint density at radius 1 is 1.11 bits per heavy atom. The molecule has 4 atom stereocenters. The fourth-order valence-electron chi connectivity index (χ4n) is 5.02. The van der Waals surface area contributed by atoms with E-state index in [9.17, 15) is 5.11 Å². The predicted octanol–water partition coefficient (Wildman–Crippen LogP) is 6.28. The van der Waals surface area contributed by atoms with Crippen LogP contribution in [0.3, 0.4) is 0 Å². The summed E-state index contributed by atoms with van der Waals surface area (Å²) in [5, 5.41) is 9.41. The van der Waals surface area contributed by atoms with Crippen molar-refractivity contribution in [3.63, 3.8) is 0 Å². The molecule has 0 amide bonds. The first-order chi connectivity index (χ1) is 17.6. The lowest BCUT2D eigenvalue weighted by atomic mass is 9.85. The van der Waals surface area contributed by atoms with E-state index >= 15 is 0 Å². The zero-order chi connectivity index (χ0) is 27.1. The van der Waals surface area contributed by atoms with Gasteiger partial charge in [-0.2, -0.15) is 0 Å². The van der Waals surface area contributed by atoms with Gasteiger partial charge in [-0.15, -0.1) is 0 Å². The lowest BCUT2D eigenvalue weighted by Crippen LogP contribution is -2.51. The SMILES string of the molecule is COc1ccc(COC/C=C(\C)CC[C@@H]2O[C@@H]([C@@]3(C)OC(C)(C)O[C@H]3C/C=C(\C)CO)CC=C2C)cc1. The molecule has 0 aromatic heterocycles. The summed E-state index contributed by atoms with van der Waals surface area (Å²) in [5.74, 6) is 0.172. The van der Waals surface area contributed by atoms with E-state index in [0.29, 0.717) is 19.6 Å². The van der Waals surface area contributed by atoms with Gasteiger partial charge in [0.05, 0.1) is 45.2 Å². The molecule has 2 heterocycles. The molecule has 6 nitrogen and oxygen atoms in total. The van der Waals surface area contributed by atoms with Gasteiger partial charge in [-0.05, 0) is 90.5 Å². The van der Waals surface area contributed by atoms with Crippen LogP contribution in [0.25, 0.3) is 0 Å². The first-order valence-corrected chi connectivity index (χ1v) is 13.4. The zero-order valence-corrected chi connectivity index (χ0v) is 23.7. The average Bonchev–Trinajstić information content (AvgIpc) is 3.13. The Kier molecular flexibility index (Phi) is 10.6. The van der Waals surface area contributed by atoms with Crippen molar-refractivity contribution < 1.29 is 28.8 Å². The number of rotatable bonds is 12. The van der Waals surface area contributed by atoms with E-state index in [-0.39, 0.29) is 24.9 Å². The lowest BCUT2D eigenvalue weighted by Gasteiger charge is -2.41. The summed E-state index contributed by atoms with van der Waals surface area (Å²) in [6.45, 7) is 13.5. The van der Waals surface area contributed by atoms with E-state index in [0.717, 1.165) is 36.1 Å². The second-order valence-electron chi connectivity index (χ2n) is 11.0. The van der Waals surface area contributed by atoms with Crippen LogP contribution in [-0.2, 0) is 25.6 Å². The molecule has 3 rings (SSSR count). The fraction of sp³-hybridized carbons (Fsp3) is 0.613. The molecule has 0 spiro atoms. The van der Waals surface area contributed by atoms with Crippen molar-refractivity contribution in [2.24, 2.45) is 0 Å². The third-order valence-electron chi connectivity index (χ3n) is 7.37. The molecule has 2 aliphatic heterocycles. The normalized spacial score (nSPS) is 28.3. The Morgan fingerprint density at radius 2 is 1.84 bits per heavy atom. The summed E-state index contributed by atoms with van der Waals surface area (Å²) in [4.78, 5) is 0. The zero-order valence-electron chi connectivity index (χ0n) is 23.7. The second-order valence-corrected chi connectivity index (χ2v) is 11.0. The maximum atomic E-state index is 9.41. The first-order valence-electron chi connectivity index (χ1n) is 13.4. The van der Waals surface area contributed by atoms with E-state index in [1.165, 1.54) is 11.1 Å². The molecule has 1 saturated heterocycles. The van der Waals surface area contributed by atoms with Gasteiger partial charge in [-0.3, -0.25) is 0 Å². The third-order valence-corrected chi connectivity index (χ3v) is 7.37. The molecule has 1 N–H and O–H groups in total. The van der Waals surface area contributed by atoms with E-state index < -0.39 is 11.4 Å². The van der Waals surface area contributed by atoms with Crippen LogP contribution in [0.4, 0.5) is 0 Å². The second kappa shape index (κ2) is 13.2. The maximum Gasteiger partial charge on any atom is 0.164 e. The summed E-state index contributed by atoms with van der Waals surface area (Å²) in [6.07, 6.45) is 9.61. The standard InChI is InChI=1S/C31H46O6/c1-22(18-19-34-21-25-11-13-26(33-7)14-12-25)8-15-27-24(3)10-17-28(35-27)31(6)29(16-9-23(2)20-32)36-30(4,5)37-31/h9-14,18,27-29,32H,8,15-17,19-21H2,1-7H3/b22-18+,23-9+/t27-,28+,29-,31+/m0/s1. The smallest absolute Gasteiger partial charge is 0.164 e. The molecule has 0 radical (unpaired) electrons. The Morgan fingerprint density at radius 3 is 2.51 bits per heavy atom. The number of hydrogen-bond donors (Lipinski definition) is 1. The molecule has 0 saturated carbocycles. The fourth-order valence-corrected chi connectivity index (χ4v) is 5.02. The molecule has 37 heavy (non-hydrogen) atoms. The molecule has 1 fully saturated rings. The molecule has 2 aliphatic rings. The van der Waals surface area contributed by atoms with Gasteiger partial charge >= 0.3 is 0 Å². The number of aliphatic hydroxyl groups excluding tert-OH is 1. The summed E-state index contributed by atoms with van der Waals surface area (Å²) < 4.78 is 30.5. The highest BCUT2D eigenvalue weighted by atomic mass is 16.8. The van der Waals surface area contributed by atoms with E-state index in [1.54, 1.807) is 7.11 Å². The summed E-state index contributed by atoms with van der Waals surface area (Å²) >= 11 is 0. The number of methoxy groups -OCH3 is 1. The van der Waals surface area contributed by atoms with E-state index in [2.05, 4.69) is 32.9 Å². The van der Waals surface area contributed by atoms with Crippen LogP contribution < -0.4 is 4.74 Å². The number of allylic oxidation sites excluding steroid dienone is 1. The van der Waals surface area contributed by atoms with Gasteiger partial charge in [0.25, 0.3) is 0 Å². The minimum Gasteiger partial charge on any atom is -0.497 e. The van der Waals surface area contributed by atoms with Crippen LogP contribution in [0.5, 0.6) is 5.75 Å². The molecular formula is C31H46O6. The van der Waals surface area contributed by atoms with Crippen LogP contribution in [0, 0.1) is 0 Å². The van der Waals surface area contributed by atoms with Crippen molar-refractivity contribution in [2.45, 2.75) is 104 Å². The minimum atomic E-state index is -0.680. The minimum absolute atomic E-state index is 0.0434. The maximum absolute atomic E-state index is 9.41. The van der Waals surface area contributed by atoms with Crippen molar-refractivity contribution in [1.82, 2.24) is 0 Å². The Labute approximate surface area is 223 Å². The molecule has 1 aromatic carbocycles. The van der Waals surface area contributed by atoms with Gasteiger partial charge < -0.3 is 28.8 Å². The predicted molar refractivity (Wildman–Crippen MR) is 147 cm³/mol. The van der Waals surface area contributed by atoms with Crippen LogP contribution in [0.1, 0.15) is 72.8 Å².